The summed E-state index contributed by atoms with van der Waals surface area (Å²) in [6.45, 7) is 3.15. The van der Waals surface area contributed by atoms with Crippen LogP contribution in [0.5, 0.6) is 0 Å². The summed E-state index contributed by atoms with van der Waals surface area (Å²) in [5.41, 5.74) is 11.6. The van der Waals surface area contributed by atoms with Crippen LogP contribution in [0.25, 0.3) is 0 Å². The summed E-state index contributed by atoms with van der Waals surface area (Å²) in [6.07, 6.45) is 2.69. The van der Waals surface area contributed by atoms with Gasteiger partial charge in [-0.1, -0.05) is 0 Å². The molecule has 1 aromatic heterocycles. The molecule has 104 valence electrons. The highest BCUT2D eigenvalue weighted by Crippen LogP contribution is 2.20. The average Bonchev–Trinajstić information content (AvgIpc) is 2.74. The van der Waals surface area contributed by atoms with Crippen LogP contribution in [0.3, 0.4) is 0 Å². The zero-order valence-corrected chi connectivity index (χ0v) is 11.5. The maximum Gasteiger partial charge on any atom is 0.250 e. The van der Waals surface area contributed by atoms with Crippen LogP contribution in [0.4, 0.5) is 11.5 Å². The van der Waals surface area contributed by atoms with Crippen molar-refractivity contribution in [3.8, 4) is 0 Å². The Labute approximate surface area is 113 Å². The minimum absolute atomic E-state index is 0.324. The van der Waals surface area contributed by atoms with Crippen LogP contribution >= 0.6 is 0 Å². The molecule has 1 atom stereocenters. The highest BCUT2D eigenvalue weighted by atomic mass is 16.1. The molecule has 0 aliphatic carbocycles. The van der Waals surface area contributed by atoms with Crippen LogP contribution in [0.2, 0.25) is 0 Å². The molecule has 0 aromatic carbocycles. The second-order valence-electron chi connectivity index (χ2n) is 5.29. The Bertz CT molecular complexity index is 476. The van der Waals surface area contributed by atoms with Gasteiger partial charge in [-0.3, -0.25) is 4.79 Å². The lowest BCUT2D eigenvalue weighted by atomic mass is 10.1. The summed E-state index contributed by atoms with van der Waals surface area (Å²) in [7, 11) is 4.11. The zero-order chi connectivity index (χ0) is 14.0. The van der Waals surface area contributed by atoms with Gasteiger partial charge < -0.3 is 21.3 Å². The first kappa shape index (κ1) is 13.6. The molecule has 1 fully saturated rings. The number of amides is 1. The largest absolute Gasteiger partial charge is 0.397 e. The first-order valence-corrected chi connectivity index (χ1v) is 6.42. The smallest absolute Gasteiger partial charge is 0.250 e. The molecule has 1 saturated heterocycles. The van der Waals surface area contributed by atoms with E-state index in [1.54, 1.807) is 6.07 Å². The van der Waals surface area contributed by atoms with Crippen molar-refractivity contribution in [1.82, 2.24) is 9.88 Å². The lowest BCUT2D eigenvalue weighted by Gasteiger charge is -2.22. The summed E-state index contributed by atoms with van der Waals surface area (Å²) in [5.74, 6) is 0.846. The van der Waals surface area contributed by atoms with E-state index in [9.17, 15) is 4.79 Å². The normalized spacial score (nSPS) is 19.6. The van der Waals surface area contributed by atoms with Crippen LogP contribution in [0.1, 0.15) is 16.8 Å². The van der Waals surface area contributed by atoms with Crippen LogP contribution in [-0.2, 0) is 0 Å². The van der Waals surface area contributed by atoms with Gasteiger partial charge in [0.1, 0.15) is 5.82 Å². The van der Waals surface area contributed by atoms with Crippen LogP contribution < -0.4 is 16.4 Å². The molecule has 1 amide bonds. The first-order chi connectivity index (χ1) is 8.97. The fourth-order valence-electron chi connectivity index (χ4n) is 2.53. The zero-order valence-electron chi connectivity index (χ0n) is 11.5. The molecule has 1 unspecified atom stereocenters. The molecule has 6 heteroatoms. The fraction of sp³-hybridized carbons (Fsp3) is 0.538. The molecule has 1 aliphatic heterocycles. The van der Waals surface area contributed by atoms with Gasteiger partial charge in [-0.2, -0.15) is 0 Å². The summed E-state index contributed by atoms with van der Waals surface area (Å²) >= 11 is 0. The molecule has 4 N–H and O–H groups in total. The number of nitrogens with two attached hydrogens (primary N) is 2. The first-order valence-electron chi connectivity index (χ1n) is 6.42. The number of carbonyl (C=O) groups is 1. The van der Waals surface area contributed by atoms with Gasteiger partial charge in [-0.05, 0) is 32.0 Å². The number of rotatable bonds is 4. The third-order valence-electron chi connectivity index (χ3n) is 3.60. The Morgan fingerprint density at radius 3 is 2.95 bits per heavy atom. The van der Waals surface area contributed by atoms with Crippen LogP contribution in [0.15, 0.2) is 12.3 Å². The number of anilines is 2. The predicted molar refractivity (Wildman–Crippen MR) is 76.0 cm³/mol. The quantitative estimate of drug-likeness (QED) is 0.807. The van der Waals surface area contributed by atoms with E-state index in [0.29, 0.717) is 17.2 Å². The van der Waals surface area contributed by atoms with Gasteiger partial charge >= 0.3 is 0 Å². The van der Waals surface area contributed by atoms with Crippen molar-refractivity contribution < 1.29 is 4.79 Å². The molecular weight excluding hydrogens is 242 g/mol. The van der Waals surface area contributed by atoms with Gasteiger partial charge in [-0.15, -0.1) is 0 Å². The number of pyridine rings is 1. The number of hydrogen-bond donors (Lipinski definition) is 2. The summed E-state index contributed by atoms with van der Waals surface area (Å²) in [6, 6.07) is 1.66. The van der Waals surface area contributed by atoms with E-state index in [-0.39, 0.29) is 0 Å². The third kappa shape index (κ3) is 3.14. The van der Waals surface area contributed by atoms with Crippen molar-refractivity contribution >= 4 is 17.4 Å². The van der Waals surface area contributed by atoms with Crippen LogP contribution in [-0.4, -0.2) is 49.5 Å². The van der Waals surface area contributed by atoms with E-state index >= 15 is 0 Å². The topological polar surface area (TPSA) is 88.5 Å². The van der Waals surface area contributed by atoms with E-state index in [4.69, 9.17) is 11.5 Å². The summed E-state index contributed by atoms with van der Waals surface area (Å²) in [5, 5.41) is 0. The molecule has 2 rings (SSSR count). The number of aromatic nitrogens is 1. The Hall–Kier alpha value is -1.82. The van der Waals surface area contributed by atoms with Gasteiger partial charge in [-0.25, -0.2) is 4.98 Å². The number of nitrogen functional groups attached to an aromatic ring is 1. The molecule has 0 bridgehead atoms. The molecule has 6 nitrogen and oxygen atoms in total. The fourth-order valence-corrected chi connectivity index (χ4v) is 2.53. The van der Waals surface area contributed by atoms with Crippen LogP contribution in [0, 0.1) is 5.92 Å². The Balaban J connectivity index is 2.08. The van der Waals surface area contributed by atoms with Crippen molar-refractivity contribution in [2.45, 2.75) is 6.42 Å². The molecule has 1 aromatic rings. The van der Waals surface area contributed by atoms with E-state index in [2.05, 4.69) is 21.8 Å². The number of nitrogens with zero attached hydrogens (tertiary/aromatic N) is 3. The van der Waals surface area contributed by atoms with Crippen molar-refractivity contribution in [3.05, 3.63) is 17.8 Å². The van der Waals surface area contributed by atoms with E-state index < -0.39 is 5.91 Å². The van der Waals surface area contributed by atoms with Gasteiger partial charge in [0.2, 0.25) is 0 Å². The Morgan fingerprint density at radius 1 is 1.63 bits per heavy atom. The van der Waals surface area contributed by atoms with Gasteiger partial charge in [0, 0.05) is 20.1 Å². The number of hydrogen-bond acceptors (Lipinski definition) is 5. The third-order valence-corrected chi connectivity index (χ3v) is 3.60. The predicted octanol–water partition coefficient (Wildman–Crippen LogP) is 0.151. The Morgan fingerprint density at radius 2 is 2.37 bits per heavy atom. The number of carbonyl (C=O) groups excluding carboxylic acids is 1. The lowest BCUT2D eigenvalue weighted by Crippen LogP contribution is -2.28. The molecule has 19 heavy (non-hydrogen) atoms. The summed E-state index contributed by atoms with van der Waals surface area (Å²) in [4.78, 5) is 19.9. The number of primary amides is 1. The standard InChI is InChI=1S/C13H21N5O/c1-17-4-3-9(7-17)8-18(2)12-5-10(13(15)19)11(14)6-16-12/h5-6,9H,3-4,7-8,14H2,1-2H3,(H2,15,19). The SMILES string of the molecule is CN1CCC(CN(C)c2cc(C(N)=O)c(N)cn2)C1. The van der Waals surface area contributed by atoms with E-state index in [0.717, 1.165) is 25.5 Å². The highest BCUT2D eigenvalue weighted by Gasteiger charge is 2.21. The minimum atomic E-state index is -0.518. The maximum atomic E-state index is 11.3. The molecule has 0 saturated carbocycles. The summed E-state index contributed by atoms with van der Waals surface area (Å²) < 4.78 is 0. The van der Waals surface area contributed by atoms with Crippen molar-refractivity contribution in [2.75, 3.05) is 44.4 Å². The molecule has 0 radical (unpaired) electrons. The van der Waals surface area contributed by atoms with Crippen molar-refractivity contribution in [3.63, 3.8) is 0 Å². The molecule has 1 aliphatic rings. The van der Waals surface area contributed by atoms with E-state index in [1.165, 1.54) is 12.6 Å². The monoisotopic (exact) mass is 263 g/mol. The van der Waals surface area contributed by atoms with Gasteiger partial charge in [0.15, 0.2) is 0 Å². The van der Waals surface area contributed by atoms with E-state index in [1.807, 2.05) is 7.05 Å². The molecular formula is C13H21N5O. The molecule has 0 spiro atoms. The second-order valence-corrected chi connectivity index (χ2v) is 5.29. The average molecular weight is 263 g/mol. The van der Waals surface area contributed by atoms with Gasteiger partial charge in [0.05, 0.1) is 17.4 Å². The highest BCUT2D eigenvalue weighted by molar-refractivity contribution is 5.98. The Kier molecular flexibility index (Phi) is 3.90. The molecule has 2 heterocycles. The minimum Gasteiger partial charge on any atom is -0.397 e. The second kappa shape index (κ2) is 5.44. The lowest BCUT2D eigenvalue weighted by molar-refractivity contribution is 0.100. The van der Waals surface area contributed by atoms with Crippen molar-refractivity contribution in [1.29, 1.82) is 0 Å². The van der Waals surface area contributed by atoms with Crippen molar-refractivity contribution in [2.24, 2.45) is 11.7 Å². The number of likely N-dealkylation sites (tertiary alicyclic amines) is 1. The van der Waals surface area contributed by atoms with Gasteiger partial charge in [0.25, 0.3) is 5.91 Å². The maximum absolute atomic E-state index is 11.3.